The van der Waals surface area contributed by atoms with E-state index in [0.717, 1.165) is 13.1 Å². The number of nitrogens with zero attached hydrogens (tertiary/aromatic N) is 3. The van der Waals surface area contributed by atoms with Crippen molar-refractivity contribution in [2.45, 2.75) is 31.8 Å². The van der Waals surface area contributed by atoms with E-state index in [1.165, 1.54) is 41.1 Å². The Kier molecular flexibility index (Phi) is 4.73. The van der Waals surface area contributed by atoms with E-state index in [4.69, 9.17) is 0 Å². The molecule has 3 heterocycles. The van der Waals surface area contributed by atoms with Crippen LogP contribution in [0.2, 0.25) is 0 Å². The van der Waals surface area contributed by atoms with Crippen molar-refractivity contribution in [1.29, 1.82) is 0 Å². The zero-order valence-electron chi connectivity index (χ0n) is 12.9. The summed E-state index contributed by atoms with van der Waals surface area (Å²) in [5.41, 5.74) is 1.22. The SMILES string of the molecule is CN(Cc1ccc(-c2cnn(C)c2)s1)C1CCCNCC1. The fraction of sp³-hybridized carbons (Fsp3) is 0.562. The van der Waals surface area contributed by atoms with Gasteiger partial charge >= 0.3 is 0 Å². The molecule has 1 fully saturated rings. The molecule has 0 amide bonds. The summed E-state index contributed by atoms with van der Waals surface area (Å²) in [5.74, 6) is 0. The predicted octanol–water partition coefficient (Wildman–Crippen LogP) is 2.72. The Morgan fingerprint density at radius 1 is 1.38 bits per heavy atom. The van der Waals surface area contributed by atoms with Crippen molar-refractivity contribution in [3.63, 3.8) is 0 Å². The zero-order valence-corrected chi connectivity index (χ0v) is 13.7. The van der Waals surface area contributed by atoms with E-state index in [9.17, 15) is 0 Å². The van der Waals surface area contributed by atoms with E-state index in [1.54, 1.807) is 0 Å². The lowest BCUT2D eigenvalue weighted by atomic mass is 10.1. The summed E-state index contributed by atoms with van der Waals surface area (Å²) in [7, 11) is 4.23. The number of aryl methyl sites for hydroxylation is 1. The molecule has 1 N–H and O–H groups in total. The molecule has 4 nitrogen and oxygen atoms in total. The quantitative estimate of drug-likeness (QED) is 0.943. The average molecular weight is 304 g/mol. The third-order valence-corrected chi connectivity index (χ3v) is 5.34. The minimum atomic E-state index is 0.712. The Labute approximate surface area is 130 Å². The number of aromatic nitrogens is 2. The topological polar surface area (TPSA) is 33.1 Å². The molecule has 0 bridgehead atoms. The van der Waals surface area contributed by atoms with E-state index in [1.807, 2.05) is 29.3 Å². The predicted molar refractivity (Wildman–Crippen MR) is 88.5 cm³/mol. The van der Waals surface area contributed by atoms with Crippen LogP contribution >= 0.6 is 11.3 Å². The molecular weight excluding hydrogens is 280 g/mol. The van der Waals surface area contributed by atoms with Crippen molar-refractivity contribution in [2.75, 3.05) is 20.1 Å². The van der Waals surface area contributed by atoms with E-state index >= 15 is 0 Å². The largest absolute Gasteiger partial charge is 0.317 e. The Bertz CT molecular complexity index is 566. The van der Waals surface area contributed by atoms with Crippen LogP contribution in [0, 0.1) is 0 Å². The Hall–Kier alpha value is -1.17. The van der Waals surface area contributed by atoms with Crippen LogP contribution in [0.25, 0.3) is 10.4 Å². The van der Waals surface area contributed by atoms with Crippen molar-refractivity contribution in [3.8, 4) is 10.4 Å². The van der Waals surface area contributed by atoms with Crippen LogP contribution < -0.4 is 5.32 Å². The van der Waals surface area contributed by atoms with Crippen molar-refractivity contribution < 1.29 is 0 Å². The molecule has 2 aromatic heterocycles. The summed E-state index contributed by atoms with van der Waals surface area (Å²) in [6, 6.07) is 5.20. The van der Waals surface area contributed by atoms with Crippen LogP contribution in [-0.4, -0.2) is 40.9 Å². The number of nitrogens with one attached hydrogen (secondary N) is 1. The first-order chi connectivity index (χ1) is 10.2. The molecule has 1 saturated heterocycles. The maximum Gasteiger partial charge on any atom is 0.0576 e. The third-order valence-electron chi connectivity index (χ3n) is 4.22. The maximum absolute atomic E-state index is 4.25. The molecular formula is C16H24N4S. The highest BCUT2D eigenvalue weighted by Crippen LogP contribution is 2.29. The fourth-order valence-electron chi connectivity index (χ4n) is 2.98. The summed E-state index contributed by atoms with van der Waals surface area (Å²) in [6.07, 6.45) is 7.88. The van der Waals surface area contributed by atoms with Gasteiger partial charge in [0, 0.05) is 41.1 Å². The minimum absolute atomic E-state index is 0.712. The lowest BCUT2D eigenvalue weighted by molar-refractivity contribution is 0.218. The van der Waals surface area contributed by atoms with Crippen LogP contribution in [0.15, 0.2) is 24.5 Å². The average Bonchev–Trinajstić information content (AvgIpc) is 3.00. The van der Waals surface area contributed by atoms with Gasteiger partial charge in [-0.05, 0) is 51.5 Å². The Balaban J connectivity index is 1.63. The van der Waals surface area contributed by atoms with Gasteiger partial charge in [-0.3, -0.25) is 9.58 Å². The first-order valence-corrected chi connectivity index (χ1v) is 8.53. The summed E-state index contributed by atoms with van der Waals surface area (Å²) < 4.78 is 1.86. The number of hydrogen-bond acceptors (Lipinski definition) is 4. The normalized spacial score (nSPS) is 19.9. The highest BCUT2D eigenvalue weighted by atomic mass is 32.1. The van der Waals surface area contributed by atoms with Crippen molar-refractivity contribution in [2.24, 2.45) is 7.05 Å². The van der Waals surface area contributed by atoms with Crippen LogP contribution in [0.5, 0.6) is 0 Å². The highest BCUT2D eigenvalue weighted by molar-refractivity contribution is 7.15. The van der Waals surface area contributed by atoms with Gasteiger partial charge in [-0.25, -0.2) is 0 Å². The van der Waals surface area contributed by atoms with Gasteiger partial charge in [0.1, 0.15) is 0 Å². The van der Waals surface area contributed by atoms with Crippen LogP contribution in [0.4, 0.5) is 0 Å². The molecule has 1 aliphatic heterocycles. The molecule has 21 heavy (non-hydrogen) atoms. The Morgan fingerprint density at radius 3 is 3.10 bits per heavy atom. The van der Waals surface area contributed by atoms with Gasteiger partial charge in [-0.15, -0.1) is 11.3 Å². The number of hydrogen-bond donors (Lipinski definition) is 1. The van der Waals surface area contributed by atoms with E-state index < -0.39 is 0 Å². The molecule has 1 aliphatic rings. The third kappa shape index (κ3) is 3.73. The molecule has 0 aliphatic carbocycles. The first kappa shape index (κ1) is 14.8. The second-order valence-corrected chi connectivity index (χ2v) is 7.09. The lowest BCUT2D eigenvalue weighted by Gasteiger charge is -2.26. The molecule has 1 atom stereocenters. The number of rotatable bonds is 4. The maximum atomic E-state index is 4.25. The molecule has 0 aromatic carbocycles. The molecule has 114 valence electrons. The fourth-order valence-corrected chi connectivity index (χ4v) is 4.03. The molecule has 0 radical (unpaired) electrons. The smallest absolute Gasteiger partial charge is 0.0576 e. The van der Waals surface area contributed by atoms with Crippen molar-refractivity contribution in [3.05, 3.63) is 29.4 Å². The van der Waals surface area contributed by atoms with Crippen LogP contribution in [0.3, 0.4) is 0 Å². The molecule has 0 spiro atoms. The molecule has 2 aromatic rings. The van der Waals surface area contributed by atoms with Crippen LogP contribution in [0.1, 0.15) is 24.1 Å². The monoisotopic (exact) mass is 304 g/mol. The van der Waals surface area contributed by atoms with E-state index in [0.29, 0.717) is 6.04 Å². The number of thiophene rings is 1. The highest BCUT2D eigenvalue weighted by Gasteiger charge is 2.17. The van der Waals surface area contributed by atoms with Gasteiger partial charge in [0.25, 0.3) is 0 Å². The van der Waals surface area contributed by atoms with Gasteiger partial charge in [0.2, 0.25) is 0 Å². The van der Waals surface area contributed by atoms with Gasteiger partial charge < -0.3 is 5.32 Å². The Morgan fingerprint density at radius 2 is 2.29 bits per heavy atom. The molecule has 1 unspecified atom stereocenters. The summed E-state index contributed by atoms with van der Waals surface area (Å²) in [5, 5.41) is 7.74. The lowest BCUT2D eigenvalue weighted by Crippen LogP contribution is -2.31. The van der Waals surface area contributed by atoms with Gasteiger partial charge in [0.05, 0.1) is 6.20 Å². The second-order valence-electron chi connectivity index (χ2n) is 5.92. The van der Waals surface area contributed by atoms with Gasteiger partial charge in [0.15, 0.2) is 0 Å². The van der Waals surface area contributed by atoms with Crippen molar-refractivity contribution in [1.82, 2.24) is 20.0 Å². The van der Waals surface area contributed by atoms with Gasteiger partial charge in [-0.2, -0.15) is 5.10 Å². The zero-order chi connectivity index (χ0) is 14.7. The van der Waals surface area contributed by atoms with Crippen LogP contribution in [-0.2, 0) is 13.6 Å². The van der Waals surface area contributed by atoms with Gasteiger partial charge in [-0.1, -0.05) is 0 Å². The molecule has 5 heteroatoms. The summed E-state index contributed by atoms with van der Waals surface area (Å²) in [6.45, 7) is 3.38. The summed E-state index contributed by atoms with van der Waals surface area (Å²) in [4.78, 5) is 5.27. The minimum Gasteiger partial charge on any atom is -0.317 e. The molecule has 0 saturated carbocycles. The van der Waals surface area contributed by atoms with E-state index in [-0.39, 0.29) is 0 Å². The summed E-state index contributed by atoms with van der Waals surface area (Å²) >= 11 is 1.89. The van der Waals surface area contributed by atoms with Crippen molar-refractivity contribution >= 4 is 11.3 Å². The standard InChI is InChI=1S/C16H24N4S/c1-19(14-4-3-8-17-9-7-14)12-15-5-6-16(21-15)13-10-18-20(2)11-13/h5-6,10-11,14,17H,3-4,7-9,12H2,1-2H3. The molecule has 3 rings (SSSR count). The van der Waals surface area contributed by atoms with E-state index in [2.05, 4.69) is 40.7 Å². The second kappa shape index (κ2) is 6.73. The first-order valence-electron chi connectivity index (χ1n) is 7.71.